The van der Waals surface area contributed by atoms with Crippen molar-refractivity contribution >= 4 is 34.9 Å². The molecule has 1 amide bonds. The number of alkyl halides is 3. The van der Waals surface area contributed by atoms with Crippen LogP contribution >= 0.6 is 23.2 Å². The number of benzene rings is 1. The van der Waals surface area contributed by atoms with Crippen molar-refractivity contribution in [2.24, 2.45) is 5.16 Å². The number of amidine groups is 1. The third-order valence-corrected chi connectivity index (χ3v) is 6.70. The van der Waals surface area contributed by atoms with Crippen LogP contribution in [0.5, 0.6) is 0 Å². The molecule has 1 unspecified atom stereocenters. The molecule has 12 heteroatoms. The van der Waals surface area contributed by atoms with E-state index < -0.39 is 39.6 Å². The van der Waals surface area contributed by atoms with E-state index in [9.17, 15) is 22.4 Å². The van der Waals surface area contributed by atoms with Crippen LogP contribution in [0.25, 0.3) is 0 Å². The largest absolute Gasteiger partial charge is 0.435 e. The van der Waals surface area contributed by atoms with Gasteiger partial charge in [0.25, 0.3) is 11.5 Å². The Hall–Kier alpha value is -2.59. The van der Waals surface area contributed by atoms with Gasteiger partial charge in [0.15, 0.2) is 5.82 Å². The minimum atomic E-state index is -4.88. The second kappa shape index (κ2) is 7.73. The number of rotatable bonds is 2. The highest BCUT2D eigenvalue weighted by atomic mass is 35.5. The number of nitrogens with zero attached hydrogens (tertiary/aromatic N) is 4. The highest BCUT2D eigenvalue weighted by Gasteiger charge is 2.63. The molecule has 33 heavy (non-hydrogen) atoms. The van der Waals surface area contributed by atoms with Gasteiger partial charge >= 0.3 is 6.18 Å². The molecular formula is C21H16Cl2F4N4O2. The van der Waals surface area contributed by atoms with Crippen molar-refractivity contribution in [2.45, 2.75) is 37.7 Å². The van der Waals surface area contributed by atoms with Gasteiger partial charge in [-0.05, 0) is 35.7 Å². The SMILES string of the molecule is O=C(c1cc2c(cn1)CN(C1=NOC(c3cc(Cl)c(F)c(Cl)c3)(C(F)(F)F)C1)C2)N1CCC1. The molecule has 6 nitrogen and oxygen atoms in total. The molecule has 174 valence electrons. The summed E-state index contributed by atoms with van der Waals surface area (Å²) in [6.45, 7) is 1.89. The Morgan fingerprint density at radius 2 is 1.76 bits per heavy atom. The van der Waals surface area contributed by atoms with Gasteiger partial charge < -0.3 is 14.6 Å². The van der Waals surface area contributed by atoms with E-state index in [1.165, 1.54) is 0 Å². The number of amides is 1. The van der Waals surface area contributed by atoms with Crippen LogP contribution in [0.2, 0.25) is 10.0 Å². The molecule has 4 heterocycles. The van der Waals surface area contributed by atoms with Crippen molar-refractivity contribution in [1.82, 2.24) is 14.8 Å². The second-order valence-electron chi connectivity index (χ2n) is 8.19. The minimum absolute atomic E-state index is 0.0655. The number of hydrogen-bond acceptors (Lipinski definition) is 5. The van der Waals surface area contributed by atoms with Crippen LogP contribution in [0.15, 0.2) is 29.6 Å². The Labute approximate surface area is 195 Å². The summed E-state index contributed by atoms with van der Waals surface area (Å²) in [5, 5.41) is 2.65. The maximum absolute atomic E-state index is 14.2. The molecule has 0 radical (unpaired) electrons. The number of carbonyl (C=O) groups is 1. The van der Waals surface area contributed by atoms with Gasteiger partial charge in [0.2, 0.25) is 0 Å². The predicted molar refractivity (Wildman–Crippen MR) is 111 cm³/mol. The number of halogens is 6. The molecule has 5 rings (SSSR count). The first-order valence-corrected chi connectivity index (χ1v) is 10.8. The zero-order chi connectivity index (χ0) is 23.5. The van der Waals surface area contributed by atoms with Gasteiger partial charge in [-0.3, -0.25) is 9.78 Å². The molecule has 1 aromatic carbocycles. The van der Waals surface area contributed by atoms with E-state index in [2.05, 4.69) is 10.1 Å². The van der Waals surface area contributed by atoms with Gasteiger partial charge in [-0.15, -0.1) is 0 Å². The lowest BCUT2D eigenvalue weighted by atomic mass is 9.89. The number of carbonyl (C=O) groups excluding carboxylic acids is 1. The first-order chi connectivity index (χ1) is 15.6. The summed E-state index contributed by atoms with van der Waals surface area (Å²) in [6.07, 6.45) is -3.01. The summed E-state index contributed by atoms with van der Waals surface area (Å²) >= 11 is 11.5. The third-order valence-electron chi connectivity index (χ3n) is 6.15. The Bertz CT molecular complexity index is 1160. The summed E-state index contributed by atoms with van der Waals surface area (Å²) < 4.78 is 56.4. The van der Waals surface area contributed by atoms with E-state index in [0.717, 1.165) is 29.7 Å². The van der Waals surface area contributed by atoms with E-state index in [4.69, 9.17) is 28.0 Å². The fourth-order valence-electron chi connectivity index (χ4n) is 4.11. The van der Waals surface area contributed by atoms with Crippen LogP contribution in [0, 0.1) is 5.82 Å². The molecule has 1 atom stereocenters. The smallest absolute Gasteiger partial charge is 0.372 e. The van der Waals surface area contributed by atoms with Crippen LogP contribution in [0.4, 0.5) is 17.6 Å². The van der Waals surface area contributed by atoms with Gasteiger partial charge in [0, 0.05) is 37.9 Å². The van der Waals surface area contributed by atoms with Crippen LogP contribution in [0.3, 0.4) is 0 Å². The maximum Gasteiger partial charge on any atom is 0.435 e. The number of oxime groups is 1. The Morgan fingerprint density at radius 1 is 1.09 bits per heavy atom. The molecule has 3 aliphatic heterocycles. The standard InChI is InChI=1S/C21H16Cl2F4N4O2/c22-14-5-13(6-15(23)18(14)24)20(21(25,26)27)7-17(29-33-20)31-9-11-4-16(28-8-12(11)10-31)19(32)30-2-1-3-30/h4-6,8H,1-3,7,9-10H2. The average Bonchev–Trinajstić information content (AvgIpc) is 3.34. The van der Waals surface area contributed by atoms with E-state index in [1.54, 1.807) is 22.1 Å². The normalized spacial score (nSPS) is 22.1. The third kappa shape index (κ3) is 3.59. The molecule has 0 aliphatic carbocycles. The molecule has 1 aromatic heterocycles. The molecule has 1 saturated heterocycles. The van der Waals surface area contributed by atoms with Crippen molar-refractivity contribution in [3.05, 3.63) is 62.6 Å². The molecule has 1 fully saturated rings. The first-order valence-electron chi connectivity index (χ1n) is 10.1. The lowest BCUT2D eigenvalue weighted by molar-refractivity contribution is -0.275. The molecule has 0 N–H and O–H groups in total. The summed E-state index contributed by atoms with van der Waals surface area (Å²) in [5.74, 6) is -1.11. The zero-order valence-electron chi connectivity index (χ0n) is 16.9. The lowest BCUT2D eigenvalue weighted by Gasteiger charge is -2.30. The number of fused-ring (bicyclic) bond motifs is 1. The topological polar surface area (TPSA) is 58.0 Å². The zero-order valence-corrected chi connectivity index (χ0v) is 18.4. The van der Waals surface area contributed by atoms with E-state index >= 15 is 0 Å². The highest BCUT2D eigenvalue weighted by Crippen LogP contribution is 2.50. The molecule has 2 aromatic rings. The fourth-order valence-corrected chi connectivity index (χ4v) is 4.60. The Balaban J connectivity index is 1.39. The average molecular weight is 503 g/mol. The number of pyridine rings is 1. The van der Waals surface area contributed by atoms with Gasteiger partial charge in [0.1, 0.15) is 11.5 Å². The van der Waals surface area contributed by atoms with Crippen molar-refractivity contribution in [3.8, 4) is 0 Å². The number of hydrogen-bond donors (Lipinski definition) is 0. The summed E-state index contributed by atoms with van der Waals surface area (Å²) in [5.41, 5.74) is -1.41. The summed E-state index contributed by atoms with van der Waals surface area (Å²) in [7, 11) is 0. The molecular weight excluding hydrogens is 487 g/mol. The van der Waals surface area contributed by atoms with Crippen LogP contribution < -0.4 is 0 Å². The second-order valence-corrected chi connectivity index (χ2v) is 9.01. The van der Waals surface area contributed by atoms with E-state index in [1.807, 2.05) is 0 Å². The number of aromatic nitrogens is 1. The van der Waals surface area contributed by atoms with Crippen molar-refractivity contribution in [1.29, 1.82) is 0 Å². The van der Waals surface area contributed by atoms with Gasteiger partial charge in [-0.2, -0.15) is 13.2 Å². The first kappa shape index (κ1) is 22.2. The van der Waals surface area contributed by atoms with Crippen LogP contribution in [-0.2, 0) is 23.5 Å². The van der Waals surface area contributed by atoms with Crippen LogP contribution in [0.1, 0.15) is 40.0 Å². The Morgan fingerprint density at radius 3 is 2.36 bits per heavy atom. The van der Waals surface area contributed by atoms with E-state index in [-0.39, 0.29) is 24.8 Å². The fraction of sp³-hybridized carbons (Fsp3) is 0.381. The quantitative estimate of drug-likeness (QED) is 0.433. The van der Waals surface area contributed by atoms with Crippen LogP contribution in [-0.4, -0.2) is 45.8 Å². The van der Waals surface area contributed by atoms with Gasteiger partial charge in [-0.25, -0.2) is 4.39 Å². The molecule has 0 saturated carbocycles. The van der Waals surface area contributed by atoms with Crippen molar-refractivity contribution in [2.75, 3.05) is 13.1 Å². The lowest BCUT2D eigenvalue weighted by Crippen LogP contribution is -2.44. The minimum Gasteiger partial charge on any atom is -0.372 e. The van der Waals surface area contributed by atoms with Gasteiger partial charge in [-0.1, -0.05) is 28.4 Å². The predicted octanol–water partition coefficient (Wildman–Crippen LogP) is 4.88. The molecule has 3 aliphatic rings. The van der Waals surface area contributed by atoms with Crippen molar-refractivity contribution < 1.29 is 27.2 Å². The molecule has 0 bridgehead atoms. The maximum atomic E-state index is 14.2. The summed E-state index contributed by atoms with van der Waals surface area (Å²) in [6, 6.07) is 3.37. The van der Waals surface area contributed by atoms with Crippen molar-refractivity contribution in [3.63, 3.8) is 0 Å². The highest BCUT2D eigenvalue weighted by molar-refractivity contribution is 6.35. The molecule has 0 spiro atoms. The summed E-state index contributed by atoms with van der Waals surface area (Å²) in [4.78, 5) is 25.0. The van der Waals surface area contributed by atoms with Gasteiger partial charge in [0.05, 0.1) is 16.5 Å². The van der Waals surface area contributed by atoms with E-state index in [0.29, 0.717) is 18.8 Å². The number of likely N-dealkylation sites (tertiary alicyclic amines) is 1. The Kier molecular flexibility index (Phi) is 5.20. The monoisotopic (exact) mass is 502 g/mol.